The van der Waals surface area contributed by atoms with E-state index < -0.39 is 21.3 Å². The van der Waals surface area contributed by atoms with E-state index in [1.807, 2.05) is 6.92 Å². The lowest BCUT2D eigenvalue weighted by molar-refractivity contribution is -0.209. The van der Waals surface area contributed by atoms with Crippen molar-refractivity contribution in [1.29, 1.82) is 0 Å². The van der Waals surface area contributed by atoms with Crippen LogP contribution < -0.4 is 0 Å². The molecular weight excluding hydrogens is 316 g/mol. The zero-order valence-electron chi connectivity index (χ0n) is 14.0. The molecule has 4 rings (SSSR count). The summed E-state index contributed by atoms with van der Waals surface area (Å²) in [5.74, 6) is 0.429. The molecule has 0 aliphatic heterocycles. The molecule has 5 nitrogen and oxygen atoms in total. The average molecular weight is 342 g/mol. The van der Waals surface area contributed by atoms with Crippen molar-refractivity contribution in [2.45, 2.75) is 70.0 Å². The predicted molar refractivity (Wildman–Crippen MR) is 86.2 cm³/mol. The average Bonchev–Trinajstić information content (AvgIpc) is 2.34. The fraction of sp³-hybridized carbons (Fsp3) is 0.824. The van der Waals surface area contributed by atoms with Gasteiger partial charge in [0, 0.05) is 12.0 Å². The first-order valence-corrected chi connectivity index (χ1v) is 10.1. The molecule has 2 atom stereocenters. The minimum atomic E-state index is -3.52. The van der Waals surface area contributed by atoms with Gasteiger partial charge in [0.25, 0.3) is 10.1 Å². The maximum Gasteiger partial charge on any atom is 0.333 e. The summed E-state index contributed by atoms with van der Waals surface area (Å²) in [5, 5.41) is 0. The Labute approximate surface area is 138 Å². The van der Waals surface area contributed by atoms with Crippen LogP contribution in [-0.4, -0.2) is 31.3 Å². The van der Waals surface area contributed by atoms with E-state index in [0.717, 1.165) is 32.1 Å². The van der Waals surface area contributed by atoms with Crippen molar-refractivity contribution in [2.24, 2.45) is 11.8 Å². The first-order valence-electron chi connectivity index (χ1n) is 8.49. The van der Waals surface area contributed by atoms with Crippen LogP contribution in [0.3, 0.4) is 0 Å². The van der Waals surface area contributed by atoms with E-state index in [-0.39, 0.29) is 11.7 Å². The highest BCUT2D eigenvalue weighted by atomic mass is 32.2. The molecule has 4 aliphatic rings. The van der Waals surface area contributed by atoms with Gasteiger partial charge in [0.1, 0.15) is 5.60 Å². The van der Waals surface area contributed by atoms with Crippen LogP contribution >= 0.6 is 0 Å². The molecule has 4 bridgehead atoms. The van der Waals surface area contributed by atoms with Crippen LogP contribution in [0.15, 0.2) is 12.2 Å². The van der Waals surface area contributed by atoms with Crippen LogP contribution in [0.2, 0.25) is 0 Å². The number of hydrogen-bond donors (Lipinski definition) is 0. The molecule has 4 aliphatic carbocycles. The SMILES string of the molecule is C=C(C)C(=O)OC12CC3CC(C1)CC(OS(=O)(=O)CCC)(C3)C2. The van der Waals surface area contributed by atoms with Crippen molar-refractivity contribution in [3.05, 3.63) is 12.2 Å². The van der Waals surface area contributed by atoms with Gasteiger partial charge in [-0.1, -0.05) is 13.5 Å². The fourth-order valence-corrected chi connectivity index (χ4v) is 6.47. The summed E-state index contributed by atoms with van der Waals surface area (Å²) in [4.78, 5) is 12.0. The van der Waals surface area contributed by atoms with Gasteiger partial charge in [-0.05, 0) is 57.3 Å². The van der Waals surface area contributed by atoms with E-state index in [9.17, 15) is 13.2 Å². The summed E-state index contributed by atoms with van der Waals surface area (Å²) in [6.45, 7) is 7.12. The van der Waals surface area contributed by atoms with Gasteiger partial charge in [0.2, 0.25) is 0 Å². The molecule has 2 unspecified atom stereocenters. The van der Waals surface area contributed by atoms with Crippen molar-refractivity contribution in [1.82, 2.24) is 0 Å². The van der Waals surface area contributed by atoms with Crippen LogP contribution in [0.1, 0.15) is 58.8 Å². The molecule has 0 radical (unpaired) electrons. The van der Waals surface area contributed by atoms with Crippen molar-refractivity contribution < 1.29 is 22.1 Å². The first-order chi connectivity index (χ1) is 10.7. The quantitative estimate of drug-likeness (QED) is 0.422. The lowest BCUT2D eigenvalue weighted by Crippen LogP contribution is -2.61. The molecule has 0 amide bonds. The van der Waals surface area contributed by atoms with Gasteiger partial charge >= 0.3 is 5.97 Å². The highest BCUT2D eigenvalue weighted by Gasteiger charge is 2.61. The van der Waals surface area contributed by atoms with Crippen LogP contribution in [0, 0.1) is 11.8 Å². The number of rotatable bonds is 6. The fourth-order valence-electron chi connectivity index (χ4n) is 5.16. The Morgan fingerprint density at radius 3 is 2.26 bits per heavy atom. The molecule has 23 heavy (non-hydrogen) atoms. The highest BCUT2D eigenvalue weighted by Crippen LogP contribution is 2.60. The Hall–Kier alpha value is -0.880. The summed E-state index contributed by atoms with van der Waals surface area (Å²) in [5.41, 5.74) is -0.857. The maximum absolute atomic E-state index is 12.2. The van der Waals surface area contributed by atoms with Gasteiger partial charge in [-0.15, -0.1) is 0 Å². The maximum atomic E-state index is 12.2. The molecule has 6 heteroatoms. The summed E-state index contributed by atoms with van der Waals surface area (Å²) in [6, 6.07) is 0. The van der Waals surface area contributed by atoms with E-state index in [0.29, 0.717) is 30.3 Å². The van der Waals surface area contributed by atoms with Crippen molar-refractivity contribution in [3.8, 4) is 0 Å². The third-order valence-electron chi connectivity index (χ3n) is 5.37. The Balaban J connectivity index is 1.84. The molecule has 130 valence electrons. The summed E-state index contributed by atoms with van der Waals surface area (Å²) >= 11 is 0. The number of carbonyl (C=O) groups excluding carboxylic acids is 1. The zero-order valence-corrected chi connectivity index (χ0v) is 14.8. The van der Waals surface area contributed by atoms with Crippen molar-refractivity contribution in [2.75, 3.05) is 5.75 Å². The minimum absolute atomic E-state index is 0.0443. The smallest absolute Gasteiger partial charge is 0.333 e. The van der Waals surface area contributed by atoms with Gasteiger partial charge in [0.05, 0.1) is 11.4 Å². The lowest BCUT2D eigenvalue weighted by atomic mass is 9.52. The van der Waals surface area contributed by atoms with E-state index >= 15 is 0 Å². The van der Waals surface area contributed by atoms with E-state index in [1.54, 1.807) is 6.92 Å². The van der Waals surface area contributed by atoms with Gasteiger partial charge in [-0.2, -0.15) is 8.42 Å². The van der Waals surface area contributed by atoms with Gasteiger partial charge in [0.15, 0.2) is 0 Å². The predicted octanol–water partition coefficient (Wildman–Crippen LogP) is 2.95. The summed E-state index contributed by atoms with van der Waals surface area (Å²) in [6.07, 6.45) is 5.29. The molecule has 0 spiro atoms. The first kappa shape index (κ1) is 17.0. The standard InChI is InChI=1S/C17H26O5S/c1-4-5-23(19,20)22-17-9-13-6-14(10-17)8-16(7-13,11-17)21-15(18)12(2)3/h13-14H,2,4-11H2,1,3H3. The van der Waals surface area contributed by atoms with Crippen molar-refractivity contribution in [3.63, 3.8) is 0 Å². The second kappa shape index (κ2) is 5.59. The normalized spacial score (nSPS) is 38.5. The van der Waals surface area contributed by atoms with E-state index in [2.05, 4.69) is 6.58 Å². The third kappa shape index (κ3) is 3.33. The van der Waals surface area contributed by atoms with Crippen LogP contribution in [-0.2, 0) is 23.8 Å². The Kier molecular flexibility index (Phi) is 4.12. The summed E-state index contributed by atoms with van der Waals surface area (Å²) in [7, 11) is -3.52. The topological polar surface area (TPSA) is 69.7 Å². The van der Waals surface area contributed by atoms with Gasteiger partial charge in [-0.25, -0.2) is 4.79 Å². The molecule has 0 heterocycles. The molecule has 0 aromatic rings. The lowest BCUT2D eigenvalue weighted by Gasteiger charge is -2.60. The molecular formula is C17H26O5S. The molecule has 0 N–H and O–H groups in total. The second-order valence-corrected chi connectivity index (χ2v) is 9.53. The Morgan fingerprint density at radius 1 is 1.17 bits per heavy atom. The van der Waals surface area contributed by atoms with E-state index in [1.165, 1.54) is 0 Å². The second-order valence-electron chi connectivity index (χ2n) is 7.84. The molecule has 0 aromatic carbocycles. The Bertz CT molecular complexity index is 607. The molecule has 0 aromatic heterocycles. The van der Waals surface area contributed by atoms with Crippen LogP contribution in [0.4, 0.5) is 0 Å². The largest absolute Gasteiger partial charge is 0.456 e. The van der Waals surface area contributed by atoms with Crippen LogP contribution in [0.5, 0.6) is 0 Å². The zero-order chi connectivity index (χ0) is 16.9. The molecule has 4 saturated carbocycles. The van der Waals surface area contributed by atoms with Crippen molar-refractivity contribution >= 4 is 16.1 Å². The number of esters is 1. The minimum Gasteiger partial charge on any atom is -0.456 e. The molecule has 4 fully saturated rings. The number of ether oxygens (including phenoxy) is 1. The number of hydrogen-bond acceptors (Lipinski definition) is 5. The summed E-state index contributed by atoms with van der Waals surface area (Å²) < 4.78 is 35.9. The highest BCUT2D eigenvalue weighted by molar-refractivity contribution is 7.86. The van der Waals surface area contributed by atoms with Gasteiger partial charge in [-0.3, -0.25) is 4.18 Å². The van der Waals surface area contributed by atoms with Gasteiger partial charge < -0.3 is 4.74 Å². The van der Waals surface area contributed by atoms with Crippen LogP contribution in [0.25, 0.3) is 0 Å². The number of carbonyl (C=O) groups is 1. The third-order valence-corrected chi connectivity index (χ3v) is 6.89. The molecule has 0 saturated heterocycles. The Morgan fingerprint density at radius 2 is 1.74 bits per heavy atom. The van der Waals surface area contributed by atoms with E-state index in [4.69, 9.17) is 8.92 Å². The monoisotopic (exact) mass is 342 g/mol.